The van der Waals surface area contributed by atoms with E-state index in [0.717, 1.165) is 19.3 Å². The first-order chi connectivity index (χ1) is 6.75. The molecule has 1 aliphatic heterocycles. The quantitative estimate of drug-likeness (QED) is 0.638. The summed E-state index contributed by atoms with van der Waals surface area (Å²) in [6.45, 7) is 1.87. The summed E-state index contributed by atoms with van der Waals surface area (Å²) in [5.74, 6) is -0.127. The highest BCUT2D eigenvalue weighted by molar-refractivity contribution is 5.76. The van der Waals surface area contributed by atoms with Gasteiger partial charge in [0.15, 0.2) is 0 Å². The van der Waals surface area contributed by atoms with Crippen molar-refractivity contribution in [3.05, 3.63) is 0 Å². The van der Waals surface area contributed by atoms with Crippen LogP contribution >= 0.6 is 0 Å². The van der Waals surface area contributed by atoms with E-state index >= 15 is 0 Å². The molecule has 0 aromatic carbocycles. The topological polar surface area (TPSA) is 44.8 Å². The van der Waals surface area contributed by atoms with Gasteiger partial charge in [0.05, 0.1) is 12.5 Å². The molecule has 1 saturated heterocycles. The van der Waals surface area contributed by atoms with Crippen LogP contribution in [-0.4, -0.2) is 40.0 Å². The maximum absolute atomic E-state index is 11.7. The number of methoxy groups -OCH3 is 2. The first-order valence-corrected chi connectivity index (χ1v) is 4.90. The van der Waals surface area contributed by atoms with E-state index in [1.165, 1.54) is 7.11 Å². The van der Waals surface area contributed by atoms with Crippen LogP contribution in [0.5, 0.6) is 0 Å². The minimum absolute atomic E-state index is 0.127. The van der Waals surface area contributed by atoms with E-state index in [-0.39, 0.29) is 11.4 Å². The summed E-state index contributed by atoms with van der Waals surface area (Å²) in [6.07, 6.45) is 2.20. The molecule has 14 heavy (non-hydrogen) atoms. The van der Waals surface area contributed by atoms with Crippen LogP contribution in [0.3, 0.4) is 0 Å². The van der Waals surface area contributed by atoms with E-state index in [2.05, 4.69) is 0 Å². The van der Waals surface area contributed by atoms with Gasteiger partial charge in [0.1, 0.15) is 0 Å². The lowest BCUT2D eigenvalue weighted by molar-refractivity contribution is -0.160. The van der Waals surface area contributed by atoms with E-state index in [9.17, 15) is 4.79 Å². The monoisotopic (exact) mass is 202 g/mol. The lowest BCUT2D eigenvalue weighted by Gasteiger charge is -2.34. The Labute approximate surface area is 84.5 Å². The Kier molecular flexibility index (Phi) is 4.35. The van der Waals surface area contributed by atoms with Crippen molar-refractivity contribution in [3.8, 4) is 0 Å². The zero-order chi connectivity index (χ0) is 10.4. The van der Waals surface area contributed by atoms with Gasteiger partial charge in [0, 0.05) is 26.9 Å². The molecule has 1 rings (SSSR count). The smallest absolute Gasteiger partial charge is 0.312 e. The molecule has 1 aliphatic rings. The Bertz CT molecular complexity index is 185. The molecule has 4 nitrogen and oxygen atoms in total. The predicted molar refractivity (Wildman–Crippen MR) is 51.0 cm³/mol. The lowest BCUT2D eigenvalue weighted by Crippen LogP contribution is -2.39. The molecule has 1 heterocycles. The maximum atomic E-state index is 11.7. The highest BCUT2D eigenvalue weighted by Gasteiger charge is 2.40. The average Bonchev–Trinajstić information content (AvgIpc) is 2.26. The molecule has 0 amide bonds. The molecule has 0 N–H and O–H groups in total. The van der Waals surface area contributed by atoms with E-state index in [4.69, 9.17) is 14.2 Å². The molecule has 0 aromatic rings. The van der Waals surface area contributed by atoms with Crippen LogP contribution < -0.4 is 0 Å². The molecule has 82 valence electrons. The third kappa shape index (κ3) is 2.45. The molecule has 0 bridgehead atoms. The number of carbonyl (C=O) groups is 1. The molecule has 0 atom stereocenters. The van der Waals surface area contributed by atoms with Gasteiger partial charge in [-0.25, -0.2) is 0 Å². The van der Waals surface area contributed by atoms with E-state index < -0.39 is 0 Å². The molecule has 0 unspecified atom stereocenters. The van der Waals surface area contributed by atoms with Crippen LogP contribution in [0.2, 0.25) is 0 Å². The van der Waals surface area contributed by atoms with Gasteiger partial charge in [-0.15, -0.1) is 0 Å². The number of rotatable bonds is 4. The van der Waals surface area contributed by atoms with Crippen molar-refractivity contribution in [1.29, 1.82) is 0 Å². The molecule has 0 aliphatic carbocycles. The summed E-state index contributed by atoms with van der Waals surface area (Å²) < 4.78 is 15.1. The second-order valence-electron chi connectivity index (χ2n) is 3.63. The number of hydrogen-bond donors (Lipinski definition) is 0. The van der Waals surface area contributed by atoms with Crippen LogP contribution in [0, 0.1) is 5.41 Å². The van der Waals surface area contributed by atoms with Crippen LogP contribution in [0.25, 0.3) is 0 Å². The lowest BCUT2D eigenvalue weighted by atomic mass is 9.77. The second-order valence-corrected chi connectivity index (χ2v) is 3.63. The van der Waals surface area contributed by atoms with Crippen LogP contribution in [0.15, 0.2) is 0 Å². The van der Waals surface area contributed by atoms with Crippen molar-refractivity contribution in [1.82, 2.24) is 0 Å². The summed E-state index contributed by atoms with van der Waals surface area (Å²) in [6, 6.07) is 0. The Morgan fingerprint density at radius 3 is 2.50 bits per heavy atom. The average molecular weight is 202 g/mol. The van der Waals surface area contributed by atoms with Gasteiger partial charge in [-0.05, 0) is 19.3 Å². The van der Waals surface area contributed by atoms with Crippen molar-refractivity contribution in [2.45, 2.75) is 19.3 Å². The molecule has 1 fully saturated rings. The van der Waals surface area contributed by atoms with E-state index in [0.29, 0.717) is 19.8 Å². The molecule has 0 spiro atoms. The van der Waals surface area contributed by atoms with Gasteiger partial charge in [-0.2, -0.15) is 0 Å². The van der Waals surface area contributed by atoms with Crippen LogP contribution in [0.4, 0.5) is 0 Å². The predicted octanol–water partition coefficient (Wildman–Crippen LogP) is 0.993. The van der Waals surface area contributed by atoms with Crippen molar-refractivity contribution >= 4 is 5.97 Å². The van der Waals surface area contributed by atoms with Gasteiger partial charge in [-0.1, -0.05) is 0 Å². The van der Waals surface area contributed by atoms with Crippen molar-refractivity contribution < 1.29 is 19.0 Å². The fourth-order valence-corrected chi connectivity index (χ4v) is 1.83. The Hall–Kier alpha value is -0.610. The standard InChI is InChI=1S/C10H18O4/c1-12-6-3-10(9(11)13-2)4-7-14-8-5-10/h3-8H2,1-2H3. The molecule has 4 heteroatoms. The zero-order valence-corrected chi connectivity index (χ0v) is 8.88. The number of esters is 1. The fourth-order valence-electron chi connectivity index (χ4n) is 1.83. The van der Waals surface area contributed by atoms with E-state index in [1.54, 1.807) is 7.11 Å². The zero-order valence-electron chi connectivity index (χ0n) is 8.88. The first kappa shape index (κ1) is 11.5. The molecular formula is C10H18O4. The maximum Gasteiger partial charge on any atom is 0.312 e. The van der Waals surface area contributed by atoms with Gasteiger partial charge >= 0.3 is 5.97 Å². The Balaban J connectivity index is 2.61. The summed E-state index contributed by atoms with van der Waals surface area (Å²) in [4.78, 5) is 11.7. The highest BCUT2D eigenvalue weighted by atomic mass is 16.5. The molecule has 0 radical (unpaired) electrons. The summed E-state index contributed by atoms with van der Waals surface area (Å²) in [5.41, 5.74) is -0.372. The fraction of sp³-hybridized carbons (Fsp3) is 0.900. The molecule has 0 aromatic heterocycles. The normalized spacial score (nSPS) is 20.4. The number of ether oxygens (including phenoxy) is 3. The SMILES string of the molecule is COCCC1(C(=O)OC)CCOCC1. The minimum atomic E-state index is -0.372. The number of carbonyl (C=O) groups excluding carboxylic acids is 1. The van der Waals surface area contributed by atoms with Gasteiger partial charge < -0.3 is 14.2 Å². The largest absolute Gasteiger partial charge is 0.469 e. The molecular weight excluding hydrogens is 184 g/mol. The third-order valence-corrected chi connectivity index (χ3v) is 2.85. The van der Waals surface area contributed by atoms with Crippen molar-refractivity contribution in [2.24, 2.45) is 5.41 Å². The van der Waals surface area contributed by atoms with Crippen molar-refractivity contribution in [3.63, 3.8) is 0 Å². The van der Waals surface area contributed by atoms with Crippen LogP contribution in [-0.2, 0) is 19.0 Å². The summed E-state index contributed by atoms with van der Waals surface area (Å²) in [5, 5.41) is 0. The van der Waals surface area contributed by atoms with Crippen molar-refractivity contribution in [2.75, 3.05) is 34.0 Å². The molecule has 0 saturated carbocycles. The van der Waals surface area contributed by atoms with Gasteiger partial charge in [-0.3, -0.25) is 4.79 Å². The first-order valence-electron chi connectivity index (χ1n) is 4.90. The van der Waals surface area contributed by atoms with Gasteiger partial charge in [0.25, 0.3) is 0 Å². The summed E-state index contributed by atoms with van der Waals surface area (Å²) >= 11 is 0. The number of hydrogen-bond acceptors (Lipinski definition) is 4. The Morgan fingerprint density at radius 2 is 2.00 bits per heavy atom. The van der Waals surface area contributed by atoms with Crippen LogP contribution in [0.1, 0.15) is 19.3 Å². The second kappa shape index (κ2) is 5.32. The highest BCUT2D eigenvalue weighted by Crippen LogP contribution is 2.35. The summed E-state index contributed by atoms with van der Waals surface area (Å²) in [7, 11) is 3.08. The Morgan fingerprint density at radius 1 is 1.36 bits per heavy atom. The van der Waals surface area contributed by atoms with Gasteiger partial charge in [0.2, 0.25) is 0 Å². The minimum Gasteiger partial charge on any atom is -0.469 e. The van der Waals surface area contributed by atoms with E-state index in [1.807, 2.05) is 0 Å². The third-order valence-electron chi connectivity index (χ3n) is 2.85.